The van der Waals surface area contributed by atoms with Gasteiger partial charge in [0.15, 0.2) is 0 Å². The number of benzene rings is 2. The Labute approximate surface area is 175 Å². The molecule has 154 valence electrons. The molecule has 1 amide bonds. The fourth-order valence-electron chi connectivity index (χ4n) is 3.80. The second-order valence-corrected chi connectivity index (χ2v) is 9.62. The number of hydrogen-bond donors (Lipinski definition) is 1. The van der Waals surface area contributed by atoms with Gasteiger partial charge in [0, 0.05) is 30.3 Å². The Bertz CT molecular complexity index is 1000. The lowest BCUT2D eigenvalue weighted by atomic mass is 10.0. The third kappa shape index (κ3) is 4.27. The van der Waals surface area contributed by atoms with E-state index in [-0.39, 0.29) is 16.9 Å². The number of halogens is 1. The first-order chi connectivity index (χ1) is 13.9. The van der Waals surface area contributed by atoms with Crippen molar-refractivity contribution in [1.29, 1.82) is 0 Å². The molecule has 1 N–H and O–H groups in total. The molecule has 8 heteroatoms. The van der Waals surface area contributed by atoms with E-state index in [9.17, 15) is 13.2 Å². The summed E-state index contributed by atoms with van der Waals surface area (Å²) in [4.78, 5) is 12.7. The van der Waals surface area contributed by atoms with E-state index in [0.717, 1.165) is 31.4 Å². The van der Waals surface area contributed by atoms with Gasteiger partial charge in [-0.2, -0.15) is 0 Å². The first-order valence-corrected chi connectivity index (χ1v) is 11.6. The predicted octanol–water partition coefficient (Wildman–Crippen LogP) is 3.39. The molecule has 0 radical (unpaired) electrons. The molecule has 1 atom stereocenters. The van der Waals surface area contributed by atoms with Gasteiger partial charge in [0.1, 0.15) is 0 Å². The average molecular weight is 435 g/mol. The van der Waals surface area contributed by atoms with Gasteiger partial charge in [-0.25, -0.2) is 8.42 Å². The first-order valence-electron chi connectivity index (χ1n) is 9.76. The van der Waals surface area contributed by atoms with Crippen molar-refractivity contribution in [2.75, 3.05) is 24.0 Å². The van der Waals surface area contributed by atoms with Crippen molar-refractivity contribution < 1.29 is 17.9 Å². The number of amides is 1. The number of rotatable bonds is 5. The average Bonchev–Trinajstić information content (AvgIpc) is 3.25. The second kappa shape index (κ2) is 8.34. The highest BCUT2D eigenvalue weighted by atomic mass is 35.5. The number of ether oxygens (including phenoxy) is 1. The summed E-state index contributed by atoms with van der Waals surface area (Å²) >= 11 is 5.89. The van der Waals surface area contributed by atoms with E-state index in [1.807, 2.05) is 0 Å². The standard InChI is InChI=1S/C21H23ClN2O4S/c22-17-6-8-19(9-7-17)29(26,27)24-11-1-3-15-13-16(5-10-20(15)24)21(25)23-14-18-4-2-12-28-18/h5-10,13,18H,1-4,11-12,14H2,(H,23,25)/t18-/m0/s1. The minimum Gasteiger partial charge on any atom is -0.376 e. The van der Waals surface area contributed by atoms with Gasteiger partial charge in [0.2, 0.25) is 0 Å². The van der Waals surface area contributed by atoms with E-state index in [2.05, 4.69) is 5.32 Å². The summed E-state index contributed by atoms with van der Waals surface area (Å²) in [6.07, 6.45) is 3.49. The van der Waals surface area contributed by atoms with Crippen LogP contribution >= 0.6 is 11.6 Å². The number of nitrogens with zero attached hydrogens (tertiary/aromatic N) is 1. The number of hydrogen-bond acceptors (Lipinski definition) is 4. The Kier molecular flexibility index (Phi) is 5.81. The molecule has 0 aromatic heterocycles. The quantitative estimate of drug-likeness (QED) is 0.782. The summed E-state index contributed by atoms with van der Waals surface area (Å²) in [6.45, 7) is 1.65. The highest BCUT2D eigenvalue weighted by Crippen LogP contribution is 2.33. The third-order valence-corrected chi connectivity index (χ3v) is 7.41. The molecule has 0 aliphatic carbocycles. The number of carbonyl (C=O) groups is 1. The van der Waals surface area contributed by atoms with Crippen LogP contribution in [0.5, 0.6) is 0 Å². The van der Waals surface area contributed by atoms with E-state index < -0.39 is 10.0 Å². The lowest BCUT2D eigenvalue weighted by Gasteiger charge is -2.30. The van der Waals surface area contributed by atoms with Gasteiger partial charge in [-0.3, -0.25) is 9.10 Å². The molecule has 1 fully saturated rings. The molecule has 0 saturated carbocycles. The largest absolute Gasteiger partial charge is 0.376 e. The van der Waals surface area contributed by atoms with Crippen molar-refractivity contribution in [3.05, 3.63) is 58.6 Å². The minimum absolute atomic E-state index is 0.0802. The molecular weight excluding hydrogens is 412 g/mol. The van der Waals surface area contributed by atoms with Crippen LogP contribution in [0, 0.1) is 0 Å². The highest BCUT2D eigenvalue weighted by Gasteiger charge is 2.29. The molecule has 6 nitrogen and oxygen atoms in total. The van der Waals surface area contributed by atoms with Crippen LogP contribution in [0.25, 0.3) is 0 Å². The lowest BCUT2D eigenvalue weighted by Crippen LogP contribution is -2.36. The van der Waals surface area contributed by atoms with E-state index in [0.29, 0.717) is 35.8 Å². The molecule has 2 heterocycles. The summed E-state index contributed by atoms with van der Waals surface area (Å²) in [5.41, 5.74) is 2.02. The zero-order valence-electron chi connectivity index (χ0n) is 15.9. The predicted molar refractivity (Wildman–Crippen MR) is 112 cm³/mol. The summed E-state index contributed by atoms with van der Waals surface area (Å²) in [7, 11) is -3.69. The van der Waals surface area contributed by atoms with Gasteiger partial charge in [-0.1, -0.05) is 11.6 Å². The monoisotopic (exact) mass is 434 g/mol. The van der Waals surface area contributed by atoms with Crippen molar-refractivity contribution in [2.45, 2.75) is 36.7 Å². The molecule has 2 aliphatic heterocycles. The van der Waals surface area contributed by atoms with Crippen LogP contribution in [0.4, 0.5) is 5.69 Å². The number of nitrogens with one attached hydrogen (secondary N) is 1. The highest BCUT2D eigenvalue weighted by molar-refractivity contribution is 7.92. The summed E-state index contributed by atoms with van der Waals surface area (Å²) in [5.74, 6) is -0.166. The van der Waals surface area contributed by atoms with E-state index in [1.165, 1.54) is 16.4 Å². The summed E-state index contributed by atoms with van der Waals surface area (Å²) in [6, 6.07) is 11.4. The van der Waals surface area contributed by atoms with E-state index in [4.69, 9.17) is 16.3 Å². The van der Waals surface area contributed by atoms with Crippen LogP contribution in [-0.4, -0.2) is 40.1 Å². The molecular formula is C21H23ClN2O4S. The Balaban J connectivity index is 1.55. The van der Waals surface area contributed by atoms with Gasteiger partial charge in [0.25, 0.3) is 15.9 Å². The van der Waals surface area contributed by atoms with Gasteiger partial charge >= 0.3 is 0 Å². The maximum atomic E-state index is 13.1. The normalized spacial score (nSPS) is 19.1. The smallest absolute Gasteiger partial charge is 0.264 e. The van der Waals surface area contributed by atoms with Gasteiger partial charge in [-0.05, 0) is 73.7 Å². The van der Waals surface area contributed by atoms with Crippen molar-refractivity contribution in [2.24, 2.45) is 0 Å². The molecule has 2 aromatic rings. The molecule has 0 bridgehead atoms. The summed E-state index contributed by atoms with van der Waals surface area (Å²) in [5, 5.41) is 3.40. The molecule has 4 rings (SSSR count). The number of aryl methyl sites for hydroxylation is 1. The fourth-order valence-corrected chi connectivity index (χ4v) is 5.47. The van der Waals surface area contributed by atoms with Crippen molar-refractivity contribution >= 4 is 33.2 Å². The Morgan fingerprint density at radius 1 is 1.17 bits per heavy atom. The summed E-state index contributed by atoms with van der Waals surface area (Å²) < 4.78 is 33.2. The maximum absolute atomic E-state index is 13.1. The molecule has 29 heavy (non-hydrogen) atoms. The third-order valence-electron chi connectivity index (χ3n) is 5.33. The number of carbonyl (C=O) groups excluding carboxylic acids is 1. The number of anilines is 1. The Morgan fingerprint density at radius 2 is 1.97 bits per heavy atom. The SMILES string of the molecule is O=C(NC[C@@H]1CCCO1)c1ccc2c(c1)CCCN2S(=O)(=O)c1ccc(Cl)cc1. The van der Waals surface area contributed by atoms with Crippen LogP contribution in [0.15, 0.2) is 47.4 Å². The fraction of sp³-hybridized carbons (Fsp3) is 0.381. The maximum Gasteiger partial charge on any atom is 0.264 e. The lowest BCUT2D eigenvalue weighted by molar-refractivity contribution is 0.0857. The van der Waals surface area contributed by atoms with Crippen LogP contribution in [0.2, 0.25) is 5.02 Å². The van der Waals surface area contributed by atoms with E-state index >= 15 is 0 Å². The molecule has 2 aromatic carbocycles. The topological polar surface area (TPSA) is 75.7 Å². The molecule has 2 aliphatic rings. The first kappa shape index (κ1) is 20.2. The Morgan fingerprint density at radius 3 is 2.69 bits per heavy atom. The molecule has 1 saturated heterocycles. The van der Waals surface area contributed by atoms with E-state index in [1.54, 1.807) is 30.3 Å². The molecule has 0 unspecified atom stereocenters. The minimum atomic E-state index is -3.69. The molecule has 0 spiro atoms. The number of fused-ring (bicyclic) bond motifs is 1. The second-order valence-electron chi connectivity index (χ2n) is 7.32. The van der Waals surface area contributed by atoms with Gasteiger partial charge < -0.3 is 10.1 Å². The van der Waals surface area contributed by atoms with Crippen LogP contribution in [-0.2, 0) is 21.2 Å². The number of sulfonamides is 1. The van der Waals surface area contributed by atoms with Crippen LogP contribution in [0.3, 0.4) is 0 Å². The van der Waals surface area contributed by atoms with Gasteiger partial charge in [-0.15, -0.1) is 0 Å². The zero-order chi connectivity index (χ0) is 20.4. The van der Waals surface area contributed by atoms with Crippen molar-refractivity contribution in [3.8, 4) is 0 Å². The Hall–Kier alpha value is -2.09. The van der Waals surface area contributed by atoms with Crippen LogP contribution in [0.1, 0.15) is 35.2 Å². The van der Waals surface area contributed by atoms with Crippen molar-refractivity contribution in [1.82, 2.24) is 5.32 Å². The van der Waals surface area contributed by atoms with Crippen molar-refractivity contribution in [3.63, 3.8) is 0 Å². The van der Waals surface area contributed by atoms with Crippen LogP contribution < -0.4 is 9.62 Å². The van der Waals surface area contributed by atoms with Gasteiger partial charge in [0.05, 0.1) is 16.7 Å². The zero-order valence-corrected chi connectivity index (χ0v) is 17.5.